The van der Waals surface area contributed by atoms with Crippen LogP contribution in [0.3, 0.4) is 0 Å². The predicted octanol–water partition coefficient (Wildman–Crippen LogP) is 2.77. The Bertz CT molecular complexity index is 491. The van der Waals surface area contributed by atoms with E-state index in [4.69, 9.17) is 15.1 Å². The van der Waals surface area contributed by atoms with E-state index in [1.54, 1.807) is 11.8 Å². The topological polar surface area (TPSA) is 73.6 Å². The Balaban J connectivity index is 2.75. The number of carboxylic acids is 1. The van der Waals surface area contributed by atoms with E-state index in [1.807, 2.05) is 24.3 Å². The second-order valence-electron chi connectivity index (χ2n) is 5.48. The van der Waals surface area contributed by atoms with Crippen molar-refractivity contribution in [1.82, 2.24) is 0 Å². The molecule has 0 amide bonds. The average molecular weight is 290 g/mol. The summed E-state index contributed by atoms with van der Waals surface area (Å²) in [5.41, 5.74) is 0.821. The molecule has 0 saturated carbocycles. The molecule has 5 nitrogen and oxygen atoms in total. The average Bonchev–Trinajstić information content (AvgIpc) is 2.45. The summed E-state index contributed by atoms with van der Waals surface area (Å²) in [6.07, 6.45) is 0. The molecular formula is C16H22N2O3. The van der Waals surface area contributed by atoms with E-state index in [0.29, 0.717) is 19.1 Å². The lowest BCUT2D eigenvalue weighted by atomic mass is 10.1. The Hall–Kier alpha value is -2.22. The minimum Gasteiger partial charge on any atom is -0.493 e. The third-order valence-electron chi connectivity index (χ3n) is 2.96. The van der Waals surface area contributed by atoms with Crippen molar-refractivity contribution in [3.05, 3.63) is 24.3 Å². The van der Waals surface area contributed by atoms with Crippen LogP contribution >= 0.6 is 0 Å². The zero-order valence-electron chi connectivity index (χ0n) is 12.7. The molecule has 5 heteroatoms. The van der Waals surface area contributed by atoms with Gasteiger partial charge in [-0.1, -0.05) is 20.8 Å². The van der Waals surface area contributed by atoms with Crippen LogP contribution in [-0.4, -0.2) is 30.8 Å². The van der Waals surface area contributed by atoms with Gasteiger partial charge in [0.1, 0.15) is 12.3 Å². The lowest BCUT2D eigenvalue weighted by Gasteiger charge is -2.24. The molecule has 1 N–H and O–H groups in total. The van der Waals surface area contributed by atoms with Gasteiger partial charge in [-0.25, -0.2) is 0 Å². The summed E-state index contributed by atoms with van der Waals surface area (Å²) in [5.74, 6) is -0.170. The fourth-order valence-electron chi connectivity index (χ4n) is 1.77. The first-order valence-electron chi connectivity index (χ1n) is 7.01. The number of hydrogen-bond donors (Lipinski definition) is 1. The first kappa shape index (κ1) is 16.8. The van der Waals surface area contributed by atoms with Crippen LogP contribution in [0.25, 0.3) is 0 Å². The quantitative estimate of drug-likeness (QED) is 0.745. The lowest BCUT2D eigenvalue weighted by molar-refractivity contribution is -0.140. The van der Waals surface area contributed by atoms with Gasteiger partial charge in [0.2, 0.25) is 0 Å². The third-order valence-corrected chi connectivity index (χ3v) is 2.96. The summed E-state index contributed by atoms with van der Waals surface area (Å²) in [6, 6.07) is 9.45. The van der Waals surface area contributed by atoms with Gasteiger partial charge in [0.05, 0.1) is 18.6 Å². The third kappa shape index (κ3) is 5.74. The Morgan fingerprint density at radius 2 is 1.95 bits per heavy atom. The number of nitriles is 1. The summed E-state index contributed by atoms with van der Waals surface area (Å²) >= 11 is 0. The number of ether oxygens (including phenoxy) is 1. The molecule has 0 spiro atoms. The van der Waals surface area contributed by atoms with Gasteiger partial charge in [-0.05, 0) is 30.2 Å². The summed E-state index contributed by atoms with van der Waals surface area (Å²) < 4.78 is 5.60. The Kier molecular flexibility index (Phi) is 6.54. The van der Waals surface area contributed by atoms with Crippen LogP contribution in [-0.2, 0) is 4.79 Å². The number of carbonyl (C=O) groups is 1. The van der Waals surface area contributed by atoms with Crippen LogP contribution in [0.4, 0.5) is 5.69 Å². The first-order chi connectivity index (χ1) is 9.93. The van der Waals surface area contributed by atoms with Crippen LogP contribution in [0.1, 0.15) is 20.8 Å². The maximum Gasteiger partial charge on any atom is 0.308 e. The largest absolute Gasteiger partial charge is 0.493 e. The van der Waals surface area contributed by atoms with E-state index >= 15 is 0 Å². The van der Waals surface area contributed by atoms with Crippen molar-refractivity contribution in [2.45, 2.75) is 20.8 Å². The van der Waals surface area contributed by atoms with Crippen molar-refractivity contribution < 1.29 is 14.6 Å². The van der Waals surface area contributed by atoms with Crippen molar-refractivity contribution in [3.8, 4) is 11.8 Å². The molecule has 21 heavy (non-hydrogen) atoms. The Morgan fingerprint density at radius 3 is 2.43 bits per heavy atom. The second kappa shape index (κ2) is 8.15. The zero-order valence-corrected chi connectivity index (χ0v) is 12.7. The first-order valence-corrected chi connectivity index (χ1v) is 7.01. The molecule has 0 aliphatic heterocycles. The molecule has 0 aromatic heterocycles. The molecule has 0 radical (unpaired) electrons. The number of hydrogen-bond acceptors (Lipinski definition) is 4. The van der Waals surface area contributed by atoms with Crippen LogP contribution in [0.15, 0.2) is 24.3 Å². The smallest absolute Gasteiger partial charge is 0.308 e. The number of aliphatic carboxylic acids is 1. The van der Waals surface area contributed by atoms with E-state index in [9.17, 15) is 4.79 Å². The molecule has 1 aromatic carbocycles. The number of benzene rings is 1. The summed E-state index contributed by atoms with van der Waals surface area (Å²) in [5, 5.41) is 17.9. The number of carboxylic acid groups (broad SMARTS) is 1. The highest BCUT2D eigenvalue weighted by Gasteiger charge is 2.16. The number of rotatable bonds is 8. The molecular weight excluding hydrogens is 268 g/mol. The van der Waals surface area contributed by atoms with Crippen molar-refractivity contribution in [1.29, 1.82) is 5.26 Å². The minimum atomic E-state index is -0.866. The van der Waals surface area contributed by atoms with Crippen molar-refractivity contribution in [3.63, 3.8) is 0 Å². The molecule has 0 aliphatic carbocycles. The van der Waals surface area contributed by atoms with Gasteiger partial charge >= 0.3 is 5.97 Å². The van der Waals surface area contributed by atoms with E-state index in [-0.39, 0.29) is 6.54 Å². The van der Waals surface area contributed by atoms with Crippen molar-refractivity contribution >= 4 is 11.7 Å². The summed E-state index contributed by atoms with van der Waals surface area (Å²) in [7, 11) is 0. The molecule has 1 atom stereocenters. The fourth-order valence-corrected chi connectivity index (χ4v) is 1.77. The molecule has 0 saturated heterocycles. The lowest BCUT2D eigenvalue weighted by Crippen LogP contribution is -2.32. The molecule has 1 rings (SSSR count). The van der Waals surface area contributed by atoms with Gasteiger partial charge in [0.25, 0.3) is 0 Å². The van der Waals surface area contributed by atoms with Gasteiger partial charge in [-0.15, -0.1) is 0 Å². The van der Waals surface area contributed by atoms with E-state index in [2.05, 4.69) is 19.9 Å². The summed E-state index contributed by atoms with van der Waals surface area (Å²) in [4.78, 5) is 12.7. The predicted molar refractivity (Wildman–Crippen MR) is 81.4 cm³/mol. The molecule has 114 valence electrons. The standard InChI is InChI=1S/C16H22N2O3/c1-12(2)11-21-15-6-4-14(5-7-15)18(9-8-17)10-13(3)16(19)20/h4-7,12-13H,9-11H2,1-3H3,(H,19,20). The van der Waals surface area contributed by atoms with Gasteiger partial charge in [0, 0.05) is 12.2 Å². The van der Waals surface area contributed by atoms with Crippen LogP contribution < -0.4 is 9.64 Å². The normalized spacial score (nSPS) is 11.8. The molecule has 0 bridgehead atoms. The van der Waals surface area contributed by atoms with Crippen molar-refractivity contribution in [2.75, 3.05) is 24.6 Å². The highest BCUT2D eigenvalue weighted by Crippen LogP contribution is 2.20. The molecule has 1 unspecified atom stereocenters. The van der Waals surface area contributed by atoms with Gasteiger partial charge in [-0.3, -0.25) is 4.79 Å². The highest BCUT2D eigenvalue weighted by molar-refractivity contribution is 5.70. The van der Waals surface area contributed by atoms with E-state index < -0.39 is 11.9 Å². The zero-order chi connectivity index (χ0) is 15.8. The molecule has 0 heterocycles. The molecule has 1 aromatic rings. The van der Waals surface area contributed by atoms with E-state index in [1.165, 1.54) is 0 Å². The van der Waals surface area contributed by atoms with E-state index in [0.717, 1.165) is 11.4 Å². The van der Waals surface area contributed by atoms with Gasteiger partial charge < -0.3 is 14.7 Å². The van der Waals surface area contributed by atoms with Gasteiger partial charge in [0.15, 0.2) is 0 Å². The maximum atomic E-state index is 10.9. The monoisotopic (exact) mass is 290 g/mol. The SMILES string of the molecule is CC(C)COc1ccc(N(CC#N)CC(C)C(=O)O)cc1. The molecule has 0 fully saturated rings. The molecule has 0 aliphatic rings. The highest BCUT2D eigenvalue weighted by atomic mass is 16.5. The number of nitrogens with zero attached hydrogens (tertiary/aromatic N) is 2. The number of anilines is 1. The Morgan fingerprint density at radius 1 is 1.33 bits per heavy atom. The van der Waals surface area contributed by atoms with Crippen LogP contribution in [0.5, 0.6) is 5.75 Å². The van der Waals surface area contributed by atoms with Crippen molar-refractivity contribution in [2.24, 2.45) is 11.8 Å². The second-order valence-corrected chi connectivity index (χ2v) is 5.48. The Labute approximate surface area is 125 Å². The minimum absolute atomic E-state index is 0.157. The van der Waals surface area contributed by atoms with Crippen LogP contribution in [0, 0.1) is 23.2 Å². The fraction of sp³-hybridized carbons (Fsp3) is 0.500. The van der Waals surface area contributed by atoms with Gasteiger partial charge in [-0.2, -0.15) is 5.26 Å². The maximum absolute atomic E-state index is 10.9. The summed E-state index contributed by atoms with van der Waals surface area (Å²) in [6.45, 7) is 6.90. The van der Waals surface area contributed by atoms with Crippen LogP contribution in [0.2, 0.25) is 0 Å².